The summed E-state index contributed by atoms with van der Waals surface area (Å²) >= 11 is 0. The fraction of sp³-hybridized carbons (Fsp3) is 0.429. The third-order valence-corrected chi connectivity index (χ3v) is 6.35. The van der Waals surface area contributed by atoms with Gasteiger partial charge in [-0.1, -0.05) is 55.0 Å². The van der Waals surface area contributed by atoms with Crippen LogP contribution in [0.25, 0.3) is 11.1 Å². The SMILES string of the molecule is Cl.NC1CCCC2CN(C3c4ccccc4-c4ccccc43)CC12. The third-order valence-electron chi connectivity index (χ3n) is 6.35. The zero-order valence-corrected chi connectivity index (χ0v) is 14.7. The summed E-state index contributed by atoms with van der Waals surface area (Å²) in [4.78, 5) is 2.71. The number of benzene rings is 2. The van der Waals surface area contributed by atoms with Gasteiger partial charge in [0.2, 0.25) is 0 Å². The predicted octanol–water partition coefficient (Wildman–Crippen LogP) is 4.24. The Hall–Kier alpha value is -1.35. The molecule has 1 saturated carbocycles. The number of halogens is 1. The Morgan fingerprint density at radius 3 is 2.08 bits per heavy atom. The van der Waals surface area contributed by atoms with Crippen molar-refractivity contribution in [2.24, 2.45) is 17.6 Å². The van der Waals surface area contributed by atoms with Crippen molar-refractivity contribution in [3.8, 4) is 11.1 Å². The molecule has 3 heteroatoms. The van der Waals surface area contributed by atoms with E-state index >= 15 is 0 Å². The number of nitrogens with two attached hydrogens (primary N) is 1. The van der Waals surface area contributed by atoms with Gasteiger partial charge in [-0.2, -0.15) is 0 Å². The highest BCUT2D eigenvalue weighted by molar-refractivity contribution is 5.85. The van der Waals surface area contributed by atoms with Crippen LogP contribution in [0, 0.1) is 11.8 Å². The lowest BCUT2D eigenvalue weighted by atomic mass is 9.78. The topological polar surface area (TPSA) is 29.3 Å². The Kier molecular flexibility index (Phi) is 4.16. The lowest BCUT2D eigenvalue weighted by Gasteiger charge is -2.30. The Labute approximate surface area is 150 Å². The van der Waals surface area contributed by atoms with E-state index in [1.807, 2.05) is 0 Å². The van der Waals surface area contributed by atoms with Gasteiger partial charge < -0.3 is 5.73 Å². The molecule has 2 nitrogen and oxygen atoms in total. The molecule has 2 aromatic carbocycles. The minimum Gasteiger partial charge on any atom is -0.327 e. The smallest absolute Gasteiger partial charge is 0.0614 e. The van der Waals surface area contributed by atoms with Gasteiger partial charge in [0.25, 0.3) is 0 Å². The van der Waals surface area contributed by atoms with Gasteiger partial charge in [0.15, 0.2) is 0 Å². The van der Waals surface area contributed by atoms with Crippen molar-refractivity contribution in [1.82, 2.24) is 4.90 Å². The van der Waals surface area contributed by atoms with E-state index in [0.29, 0.717) is 18.0 Å². The second kappa shape index (κ2) is 6.18. The van der Waals surface area contributed by atoms with Crippen LogP contribution in [-0.2, 0) is 0 Å². The molecule has 1 aliphatic heterocycles. The van der Waals surface area contributed by atoms with Gasteiger partial charge >= 0.3 is 0 Å². The molecule has 3 atom stereocenters. The summed E-state index contributed by atoms with van der Waals surface area (Å²) in [5.74, 6) is 1.50. The monoisotopic (exact) mass is 340 g/mol. The molecule has 0 bridgehead atoms. The summed E-state index contributed by atoms with van der Waals surface area (Å²) in [7, 11) is 0. The quantitative estimate of drug-likeness (QED) is 0.841. The predicted molar refractivity (Wildman–Crippen MR) is 101 cm³/mol. The molecule has 3 unspecified atom stereocenters. The van der Waals surface area contributed by atoms with Crippen molar-refractivity contribution in [2.75, 3.05) is 13.1 Å². The van der Waals surface area contributed by atoms with E-state index in [0.717, 1.165) is 5.92 Å². The maximum atomic E-state index is 6.44. The normalized spacial score (nSPS) is 28.8. The molecule has 3 aliphatic rings. The van der Waals surface area contributed by atoms with Crippen LogP contribution in [0.5, 0.6) is 0 Å². The van der Waals surface area contributed by atoms with E-state index < -0.39 is 0 Å². The van der Waals surface area contributed by atoms with Gasteiger partial charge in [-0.05, 0) is 46.9 Å². The van der Waals surface area contributed by atoms with Gasteiger partial charge in [-0.25, -0.2) is 0 Å². The first-order valence-electron chi connectivity index (χ1n) is 9.01. The third kappa shape index (κ3) is 2.32. The van der Waals surface area contributed by atoms with Crippen LogP contribution in [0.2, 0.25) is 0 Å². The first kappa shape index (κ1) is 16.1. The highest BCUT2D eigenvalue weighted by atomic mass is 35.5. The molecule has 0 aromatic heterocycles. The molecular formula is C21H25ClN2. The molecule has 1 heterocycles. The van der Waals surface area contributed by atoms with Crippen molar-refractivity contribution in [3.05, 3.63) is 59.7 Å². The van der Waals surface area contributed by atoms with Crippen molar-refractivity contribution in [1.29, 1.82) is 0 Å². The molecule has 2 N–H and O–H groups in total. The fourth-order valence-electron chi connectivity index (χ4n) is 5.28. The molecule has 2 aliphatic carbocycles. The molecule has 0 amide bonds. The molecule has 0 radical (unpaired) electrons. The van der Waals surface area contributed by atoms with Crippen LogP contribution >= 0.6 is 12.4 Å². The first-order valence-corrected chi connectivity index (χ1v) is 9.01. The lowest BCUT2D eigenvalue weighted by Crippen LogP contribution is -2.38. The molecule has 5 rings (SSSR count). The number of fused-ring (bicyclic) bond motifs is 4. The van der Waals surface area contributed by atoms with Gasteiger partial charge in [-0.3, -0.25) is 4.90 Å². The van der Waals surface area contributed by atoms with Crippen LogP contribution in [0.1, 0.15) is 36.4 Å². The fourth-order valence-corrected chi connectivity index (χ4v) is 5.28. The summed E-state index contributed by atoms with van der Waals surface area (Å²) in [5, 5.41) is 0. The highest BCUT2D eigenvalue weighted by Crippen LogP contribution is 2.49. The lowest BCUT2D eigenvalue weighted by molar-refractivity contribution is 0.256. The zero-order chi connectivity index (χ0) is 15.4. The van der Waals surface area contributed by atoms with E-state index in [1.165, 1.54) is 54.6 Å². The van der Waals surface area contributed by atoms with E-state index in [9.17, 15) is 0 Å². The number of hydrogen-bond acceptors (Lipinski definition) is 2. The van der Waals surface area contributed by atoms with Gasteiger partial charge in [0.1, 0.15) is 0 Å². The second-order valence-corrected chi connectivity index (χ2v) is 7.55. The Balaban J connectivity index is 0.00000146. The van der Waals surface area contributed by atoms with E-state index in [2.05, 4.69) is 53.4 Å². The number of nitrogens with zero attached hydrogens (tertiary/aromatic N) is 1. The van der Waals surface area contributed by atoms with Gasteiger partial charge in [0, 0.05) is 19.1 Å². The average molecular weight is 341 g/mol. The minimum absolute atomic E-state index is 0. The van der Waals surface area contributed by atoms with Crippen LogP contribution in [-0.4, -0.2) is 24.0 Å². The van der Waals surface area contributed by atoms with E-state index in [-0.39, 0.29) is 12.4 Å². The van der Waals surface area contributed by atoms with E-state index in [1.54, 1.807) is 0 Å². The van der Waals surface area contributed by atoms with E-state index in [4.69, 9.17) is 5.73 Å². The molecule has 126 valence electrons. The molecule has 1 saturated heterocycles. The second-order valence-electron chi connectivity index (χ2n) is 7.55. The number of hydrogen-bond donors (Lipinski definition) is 1. The summed E-state index contributed by atoms with van der Waals surface area (Å²) in [5.41, 5.74) is 12.3. The summed E-state index contributed by atoms with van der Waals surface area (Å²) < 4.78 is 0. The summed E-state index contributed by atoms with van der Waals surface area (Å²) in [6, 6.07) is 18.7. The first-order chi connectivity index (χ1) is 11.3. The Morgan fingerprint density at radius 1 is 0.833 bits per heavy atom. The number of likely N-dealkylation sites (tertiary alicyclic amines) is 1. The summed E-state index contributed by atoms with van der Waals surface area (Å²) in [6.07, 6.45) is 3.89. The maximum absolute atomic E-state index is 6.44. The average Bonchev–Trinajstić information content (AvgIpc) is 3.14. The molecule has 2 aromatic rings. The number of rotatable bonds is 1. The molecule has 24 heavy (non-hydrogen) atoms. The van der Waals surface area contributed by atoms with Crippen molar-refractivity contribution < 1.29 is 0 Å². The molecular weight excluding hydrogens is 316 g/mol. The van der Waals surface area contributed by atoms with Gasteiger partial charge in [0.05, 0.1) is 6.04 Å². The van der Waals surface area contributed by atoms with Crippen molar-refractivity contribution >= 4 is 12.4 Å². The standard InChI is InChI=1S/C21H24N2.ClH/c22-20-11-5-6-14-12-23(13-19(14)20)21-17-9-3-1-7-15(17)16-8-2-4-10-18(16)21;/h1-4,7-10,14,19-21H,5-6,11-13,22H2;1H. The minimum atomic E-state index is 0. The van der Waals surface area contributed by atoms with Crippen LogP contribution in [0.15, 0.2) is 48.5 Å². The van der Waals surface area contributed by atoms with Gasteiger partial charge in [-0.15, -0.1) is 12.4 Å². The molecule has 0 spiro atoms. The Bertz CT molecular complexity index is 699. The Morgan fingerprint density at radius 2 is 1.46 bits per heavy atom. The largest absolute Gasteiger partial charge is 0.327 e. The van der Waals surface area contributed by atoms with Crippen molar-refractivity contribution in [2.45, 2.75) is 31.3 Å². The summed E-state index contributed by atoms with van der Waals surface area (Å²) in [6.45, 7) is 2.38. The van der Waals surface area contributed by atoms with Crippen LogP contribution < -0.4 is 5.73 Å². The highest BCUT2D eigenvalue weighted by Gasteiger charge is 2.43. The van der Waals surface area contributed by atoms with Crippen LogP contribution in [0.4, 0.5) is 0 Å². The van der Waals surface area contributed by atoms with Crippen LogP contribution in [0.3, 0.4) is 0 Å². The maximum Gasteiger partial charge on any atom is 0.0614 e. The van der Waals surface area contributed by atoms with Crippen molar-refractivity contribution in [3.63, 3.8) is 0 Å². The molecule has 2 fully saturated rings. The zero-order valence-electron chi connectivity index (χ0n) is 13.9.